The monoisotopic (exact) mass is 317 g/mol. The number of aryl methyl sites for hydroxylation is 1. The molecule has 0 aliphatic heterocycles. The smallest absolute Gasteiger partial charge is 0.243 e. The normalized spacial score (nSPS) is 11.1. The molecule has 0 aliphatic carbocycles. The standard InChI is InChI=1S/C15H19N5OS/c1-11-8-17-14(22-11)10-19-15(16-2)18-9-13(21)20-12-6-4-3-5-7-12/h3-8H,9-10H2,1-2H3,(H,20,21)(H2,16,18,19). The van der Waals surface area contributed by atoms with Crippen LogP contribution in [0.4, 0.5) is 5.69 Å². The first kappa shape index (κ1) is 16.0. The van der Waals surface area contributed by atoms with Crippen LogP contribution >= 0.6 is 11.3 Å². The van der Waals surface area contributed by atoms with E-state index in [0.29, 0.717) is 12.5 Å². The topological polar surface area (TPSA) is 78.4 Å². The van der Waals surface area contributed by atoms with Gasteiger partial charge in [-0.25, -0.2) is 4.98 Å². The molecule has 2 aromatic rings. The predicted octanol–water partition coefficient (Wildman–Crippen LogP) is 1.76. The van der Waals surface area contributed by atoms with Crippen molar-refractivity contribution in [2.24, 2.45) is 4.99 Å². The number of carbonyl (C=O) groups excluding carboxylic acids is 1. The van der Waals surface area contributed by atoms with E-state index in [1.54, 1.807) is 18.4 Å². The summed E-state index contributed by atoms with van der Waals surface area (Å²) in [6, 6.07) is 9.34. The Hall–Kier alpha value is -2.41. The molecule has 0 aliphatic rings. The SMILES string of the molecule is CN=C(NCC(=O)Nc1ccccc1)NCc1ncc(C)s1. The van der Waals surface area contributed by atoms with Gasteiger partial charge in [0.1, 0.15) is 5.01 Å². The number of nitrogens with one attached hydrogen (secondary N) is 3. The average Bonchev–Trinajstić information content (AvgIpc) is 2.94. The molecule has 116 valence electrons. The summed E-state index contributed by atoms with van der Waals surface area (Å²) in [7, 11) is 1.66. The molecule has 7 heteroatoms. The average molecular weight is 317 g/mol. The number of hydrogen-bond donors (Lipinski definition) is 3. The van der Waals surface area contributed by atoms with E-state index in [1.165, 1.54) is 4.88 Å². The third-order valence-electron chi connectivity index (χ3n) is 2.77. The molecule has 0 bridgehead atoms. The van der Waals surface area contributed by atoms with Crippen molar-refractivity contribution in [1.82, 2.24) is 15.6 Å². The van der Waals surface area contributed by atoms with Crippen LogP contribution < -0.4 is 16.0 Å². The van der Waals surface area contributed by atoms with E-state index in [9.17, 15) is 4.79 Å². The van der Waals surface area contributed by atoms with Gasteiger partial charge in [0, 0.05) is 23.8 Å². The Morgan fingerprint density at radius 1 is 1.27 bits per heavy atom. The first-order valence-electron chi connectivity index (χ1n) is 6.88. The van der Waals surface area contributed by atoms with Gasteiger partial charge < -0.3 is 16.0 Å². The number of aromatic nitrogens is 1. The van der Waals surface area contributed by atoms with E-state index in [-0.39, 0.29) is 12.5 Å². The van der Waals surface area contributed by atoms with Crippen molar-refractivity contribution >= 4 is 28.9 Å². The van der Waals surface area contributed by atoms with Crippen molar-refractivity contribution in [2.75, 3.05) is 18.9 Å². The van der Waals surface area contributed by atoms with E-state index in [4.69, 9.17) is 0 Å². The first-order chi connectivity index (χ1) is 10.7. The van der Waals surface area contributed by atoms with Crippen LogP contribution in [-0.4, -0.2) is 30.4 Å². The molecule has 0 spiro atoms. The van der Waals surface area contributed by atoms with Gasteiger partial charge in [0.15, 0.2) is 5.96 Å². The number of amides is 1. The number of hydrogen-bond acceptors (Lipinski definition) is 4. The molecular formula is C15H19N5OS. The minimum Gasteiger partial charge on any atom is -0.350 e. The zero-order valence-corrected chi connectivity index (χ0v) is 13.4. The number of benzene rings is 1. The molecule has 0 saturated heterocycles. The molecule has 0 unspecified atom stereocenters. The van der Waals surface area contributed by atoms with E-state index < -0.39 is 0 Å². The Kier molecular flexibility index (Phi) is 5.91. The lowest BCUT2D eigenvalue weighted by Gasteiger charge is -2.11. The summed E-state index contributed by atoms with van der Waals surface area (Å²) in [6.45, 7) is 2.74. The third-order valence-corrected chi connectivity index (χ3v) is 3.69. The Morgan fingerprint density at radius 3 is 2.68 bits per heavy atom. The fourth-order valence-electron chi connectivity index (χ4n) is 1.75. The van der Waals surface area contributed by atoms with Gasteiger partial charge in [0.2, 0.25) is 5.91 Å². The number of nitrogens with zero attached hydrogens (tertiary/aromatic N) is 2. The van der Waals surface area contributed by atoms with Crippen molar-refractivity contribution in [2.45, 2.75) is 13.5 Å². The van der Waals surface area contributed by atoms with Crippen molar-refractivity contribution < 1.29 is 4.79 Å². The highest BCUT2D eigenvalue weighted by Crippen LogP contribution is 2.10. The van der Waals surface area contributed by atoms with Crippen molar-refractivity contribution in [3.05, 3.63) is 46.4 Å². The first-order valence-corrected chi connectivity index (χ1v) is 7.70. The van der Waals surface area contributed by atoms with Gasteiger partial charge in [-0.05, 0) is 19.1 Å². The summed E-state index contributed by atoms with van der Waals surface area (Å²) in [6.07, 6.45) is 1.84. The zero-order valence-electron chi connectivity index (χ0n) is 12.6. The van der Waals surface area contributed by atoms with Crippen LogP contribution in [0.15, 0.2) is 41.5 Å². The molecule has 0 fully saturated rings. The van der Waals surface area contributed by atoms with Crippen LogP contribution in [0.2, 0.25) is 0 Å². The van der Waals surface area contributed by atoms with Crippen LogP contribution in [0.3, 0.4) is 0 Å². The summed E-state index contributed by atoms with van der Waals surface area (Å²) >= 11 is 1.63. The molecule has 0 saturated carbocycles. The molecule has 0 radical (unpaired) electrons. The number of guanidine groups is 1. The number of anilines is 1. The number of thiazole rings is 1. The van der Waals surface area contributed by atoms with Crippen LogP contribution in [0.25, 0.3) is 0 Å². The number of rotatable bonds is 5. The number of carbonyl (C=O) groups is 1. The molecule has 2 rings (SSSR count). The van der Waals surface area contributed by atoms with Crippen LogP contribution in [0.5, 0.6) is 0 Å². The van der Waals surface area contributed by atoms with Crippen molar-refractivity contribution in [1.29, 1.82) is 0 Å². The summed E-state index contributed by atoms with van der Waals surface area (Å²) in [5.74, 6) is 0.440. The van der Waals surface area contributed by atoms with Gasteiger partial charge in [-0.3, -0.25) is 9.79 Å². The molecule has 1 aromatic heterocycles. The summed E-state index contributed by atoms with van der Waals surface area (Å²) in [5.41, 5.74) is 0.774. The Labute approximate surface area is 133 Å². The molecule has 22 heavy (non-hydrogen) atoms. The van der Waals surface area contributed by atoms with Crippen LogP contribution in [-0.2, 0) is 11.3 Å². The fourth-order valence-corrected chi connectivity index (χ4v) is 2.48. The molecule has 1 amide bonds. The molecular weight excluding hydrogens is 298 g/mol. The van der Waals surface area contributed by atoms with Gasteiger partial charge in [-0.2, -0.15) is 0 Å². The number of para-hydroxylation sites is 1. The van der Waals surface area contributed by atoms with Crippen molar-refractivity contribution in [3.63, 3.8) is 0 Å². The second kappa shape index (κ2) is 8.14. The lowest BCUT2D eigenvalue weighted by molar-refractivity contribution is -0.115. The molecule has 3 N–H and O–H groups in total. The van der Waals surface area contributed by atoms with Gasteiger partial charge >= 0.3 is 0 Å². The fraction of sp³-hybridized carbons (Fsp3) is 0.267. The van der Waals surface area contributed by atoms with Crippen LogP contribution in [0, 0.1) is 6.92 Å². The quantitative estimate of drug-likeness (QED) is 0.580. The largest absolute Gasteiger partial charge is 0.350 e. The molecule has 0 atom stereocenters. The number of aliphatic imine (C=N–C) groups is 1. The molecule has 1 aromatic carbocycles. The van der Waals surface area contributed by atoms with E-state index in [1.807, 2.05) is 43.5 Å². The third kappa shape index (κ3) is 5.17. The van der Waals surface area contributed by atoms with E-state index >= 15 is 0 Å². The lowest BCUT2D eigenvalue weighted by atomic mass is 10.3. The zero-order chi connectivity index (χ0) is 15.8. The Bertz CT molecular complexity index is 638. The summed E-state index contributed by atoms with van der Waals surface area (Å²) < 4.78 is 0. The maximum atomic E-state index is 11.8. The maximum Gasteiger partial charge on any atom is 0.243 e. The van der Waals surface area contributed by atoms with Gasteiger partial charge in [-0.15, -0.1) is 11.3 Å². The van der Waals surface area contributed by atoms with Gasteiger partial charge in [-0.1, -0.05) is 18.2 Å². The van der Waals surface area contributed by atoms with Crippen molar-refractivity contribution in [3.8, 4) is 0 Å². The highest BCUT2D eigenvalue weighted by molar-refractivity contribution is 7.11. The summed E-state index contributed by atoms with van der Waals surface area (Å²) in [5, 5.41) is 9.88. The summed E-state index contributed by atoms with van der Waals surface area (Å²) in [4.78, 5) is 21.4. The van der Waals surface area contributed by atoms with E-state index in [2.05, 4.69) is 25.9 Å². The highest BCUT2D eigenvalue weighted by Gasteiger charge is 2.05. The minimum atomic E-state index is -0.126. The Balaban J connectivity index is 1.75. The minimum absolute atomic E-state index is 0.126. The molecule has 1 heterocycles. The second-order valence-electron chi connectivity index (χ2n) is 4.56. The predicted molar refractivity (Wildman–Crippen MR) is 90.1 cm³/mol. The van der Waals surface area contributed by atoms with Gasteiger partial charge in [0.25, 0.3) is 0 Å². The molecule has 6 nitrogen and oxygen atoms in total. The lowest BCUT2D eigenvalue weighted by Crippen LogP contribution is -2.41. The van der Waals surface area contributed by atoms with E-state index in [0.717, 1.165) is 10.7 Å². The second-order valence-corrected chi connectivity index (χ2v) is 5.88. The van der Waals surface area contributed by atoms with Crippen LogP contribution in [0.1, 0.15) is 9.88 Å². The Morgan fingerprint density at radius 2 is 2.05 bits per heavy atom. The maximum absolute atomic E-state index is 11.8. The van der Waals surface area contributed by atoms with Gasteiger partial charge in [0.05, 0.1) is 13.1 Å². The highest BCUT2D eigenvalue weighted by atomic mass is 32.1.